The molecule has 0 radical (unpaired) electrons. The number of ether oxygens (including phenoxy) is 2. The van der Waals surface area contributed by atoms with Crippen molar-refractivity contribution in [1.82, 2.24) is 10.2 Å². The van der Waals surface area contributed by atoms with Gasteiger partial charge in [-0.3, -0.25) is 9.69 Å². The predicted molar refractivity (Wildman–Crippen MR) is 69.5 cm³/mol. The molecular formula is C12H23N3O4. The minimum Gasteiger partial charge on any atom is -0.464 e. The molecule has 1 aliphatic heterocycles. The van der Waals surface area contributed by atoms with E-state index in [9.17, 15) is 9.59 Å². The normalized spacial score (nSPS) is 17.8. The zero-order valence-electron chi connectivity index (χ0n) is 11.4. The number of morpholine rings is 1. The third kappa shape index (κ3) is 6.00. The lowest BCUT2D eigenvalue weighted by atomic mass is 10.3. The molecule has 0 aliphatic carbocycles. The van der Waals surface area contributed by atoms with Crippen molar-refractivity contribution in [1.29, 1.82) is 0 Å². The van der Waals surface area contributed by atoms with E-state index < -0.39 is 17.9 Å². The Balaban J connectivity index is 2.10. The molecule has 3 N–H and O–H groups in total. The molecule has 7 nitrogen and oxygen atoms in total. The Bertz CT molecular complexity index is 293. The van der Waals surface area contributed by atoms with Crippen molar-refractivity contribution in [2.75, 3.05) is 46.0 Å². The average molecular weight is 273 g/mol. The molecule has 1 heterocycles. The number of carbonyl (C=O) groups excluding carboxylic acids is 2. The van der Waals surface area contributed by atoms with E-state index >= 15 is 0 Å². The third-order valence-electron chi connectivity index (χ3n) is 2.88. The maximum absolute atomic E-state index is 11.5. The lowest BCUT2D eigenvalue weighted by Crippen LogP contribution is -2.47. The summed E-state index contributed by atoms with van der Waals surface area (Å²) in [5.41, 5.74) is 5.46. The molecule has 1 amide bonds. The molecule has 0 aromatic rings. The van der Waals surface area contributed by atoms with Crippen molar-refractivity contribution in [3.05, 3.63) is 0 Å². The molecule has 1 unspecified atom stereocenters. The van der Waals surface area contributed by atoms with Crippen LogP contribution in [-0.4, -0.2) is 68.8 Å². The van der Waals surface area contributed by atoms with E-state index in [1.54, 1.807) is 6.92 Å². The standard InChI is InChI=1S/C12H23N3O4/c1-2-19-12(17)10(13)11(16)14-4-3-5-15-6-8-18-9-7-15/h10H,2-9,13H2,1H3,(H,14,16). The molecule has 19 heavy (non-hydrogen) atoms. The fourth-order valence-corrected chi connectivity index (χ4v) is 1.79. The summed E-state index contributed by atoms with van der Waals surface area (Å²) in [5.74, 6) is -1.17. The number of esters is 1. The molecule has 7 heteroatoms. The highest BCUT2D eigenvalue weighted by Crippen LogP contribution is 1.97. The lowest BCUT2D eigenvalue weighted by molar-refractivity contribution is -0.147. The summed E-state index contributed by atoms with van der Waals surface area (Å²) in [6.07, 6.45) is 0.821. The van der Waals surface area contributed by atoms with Crippen LogP contribution in [0.15, 0.2) is 0 Å². The van der Waals surface area contributed by atoms with Gasteiger partial charge in [-0.1, -0.05) is 0 Å². The summed E-state index contributed by atoms with van der Waals surface area (Å²) >= 11 is 0. The van der Waals surface area contributed by atoms with Gasteiger partial charge in [0.25, 0.3) is 0 Å². The smallest absolute Gasteiger partial charge is 0.332 e. The first kappa shape index (κ1) is 15.9. The molecule has 0 aromatic heterocycles. The summed E-state index contributed by atoms with van der Waals surface area (Å²) in [7, 11) is 0. The molecule has 1 aliphatic rings. The Morgan fingerprint density at radius 2 is 2.11 bits per heavy atom. The molecule has 0 spiro atoms. The van der Waals surface area contributed by atoms with Gasteiger partial charge in [-0.2, -0.15) is 0 Å². The highest BCUT2D eigenvalue weighted by atomic mass is 16.5. The molecule has 1 saturated heterocycles. The summed E-state index contributed by atoms with van der Waals surface area (Å²) < 4.78 is 9.93. The van der Waals surface area contributed by atoms with Gasteiger partial charge in [0, 0.05) is 19.6 Å². The summed E-state index contributed by atoms with van der Waals surface area (Å²) in [6.45, 7) is 6.68. The number of rotatable bonds is 7. The molecule has 1 rings (SSSR count). The summed E-state index contributed by atoms with van der Waals surface area (Å²) in [6, 6.07) is -1.23. The second-order valence-corrected chi connectivity index (χ2v) is 4.33. The van der Waals surface area contributed by atoms with Gasteiger partial charge < -0.3 is 20.5 Å². The summed E-state index contributed by atoms with van der Waals surface area (Å²) in [4.78, 5) is 25.1. The number of carbonyl (C=O) groups is 2. The zero-order valence-corrected chi connectivity index (χ0v) is 11.4. The fourth-order valence-electron chi connectivity index (χ4n) is 1.79. The number of hydrogen-bond donors (Lipinski definition) is 2. The van der Waals surface area contributed by atoms with E-state index in [4.69, 9.17) is 10.5 Å². The van der Waals surface area contributed by atoms with Crippen LogP contribution in [-0.2, 0) is 19.1 Å². The number of nitrogens with zero attached hydrogens (tertiary/aromatic N) is 1. The van der Waals surface area contributed by atoms with Gasteiger partial charge in [0.1, 0.15) is 0 Å². The third-order valence-corrected chi connectivity index (χ3v) is 2.88. The first-order chi connectivity index (χ1) is 9.15. The van der Waals surface area contributed by atoms with Crippen LogP contribution in [0.3, 0.4) is 0 Å². The van der Waals surface area contributed by atoms with Crippen LogP contribution in [0.5, 0.6) is 0 Å². The van der Waals surface area contributed by atoms with Crippen molar-refractivity contribution in [2.45, 2.75) is 19.4 Å². The molecular weight excluding hydrogens is 250 g/mol. The number of nitrogens with one attached hydrogen (secondary N) is 1. The second-order valence-electron chi connectivity index (χ2n) is 4.33. The van der Waals surface area contributed by atoms with E-state index in [2.05, 4.69) is 15.0 Å². The van der Waals surface area contributed by atoms with E-state index in [0.717, 1.165) is 39.3 Å². The van der Waals surface area contributed by atoms with Gasteiger partial charge >= 0.3 is 5.97 Å². The quantitative estimate of drug-likeness (QED) is 0.341. The van der Waals surface area contributed by atoms with Gasteiger partial charge in [0.2, 0.25) is 5.91 Å². The van der Waals surface area contributed by atoms with Gasteiger partial charge in [0.15, 0.2) is 6.04 Å². The van der Waals surface area contributed by atoms with Crippen molar-refractivity contribution in [3.63, 3.8) is 0 Å². The average Bonchev–Trinajstić information content (AvgIpc) is 2.44. The van der Waals surface area contributed by atoms with Crippen molar-refractivity contribution in [2.24, 2.45) is 5.73 Å². The van der Waals surface area contributed by atoms with E-state index in [1.807, 2.05) is 0 Å². The fraction of sp³-hybridized carbons (Fsp3) is 0.833. The van der Waals surface area contributed by atoms with Crippen LogP contribution in [0.4, 0.5) is 0 Å². The van der Waals surface area contributed by atoms with Gasteiger partial charge in [-0.15, -0.1) is 0 Å². The van der Waals surface area contributed by atoms with Crippen LogP contribution in [0, 0.1) is 0 Å². The van der Waals surface area contributed by atoms with Crippen LogP contribution >= 0.6 is 0 Å². The first-order valence-electron chi connectivity index (χ1n) is 6.65. The number of amides is 1. The molecule has 0 saturated carbocycles. The highest BCUT2D eigenvalue weighted by molar-refractivity contribution is 6.01. The maximum atomic E-state index is 11.5. The molecule has 1 atom stereocenters. The zero-order chi connectivity index (χ0) is 14.1. The monoisotopic (exact) mass is 273 g/mol. The van der Waals surface area contributed by atoms with Crippen molar-refractivity contribution in [3.8, 4) is 0 Å². The van der Waals surface area contributed by atoms with Crippen LogP contribution < -0.4 is 11.1 Å². The largest absolute Gasteiger partial charge is 0.464 e. The molecule has 1 fully saturated rings. The first-order valence-corrected chi connectivity index (χ1v) is 6.65. The Kier molecular flexibility index (Phi) is 7.39. The van der Waals surface area contributed by atoms with Crippen molar-refractivity contribution >= 4 is 11.9 Å². The Labute approximate surface area is 113 Å². The summed E-state index contributed by atoms with van der Waals surface area (Å²) in [5, 5.41) is 2.64. The predicted octanol–water partition coefficient (Wildman–Crippen LogP) is -1.28. The van der Waals surface area contributed by atoms with Crippen LogP contribution in [0.25, 0.3) is 0 Å². The van der Waals surface area contributed by atoms with Gasteiger partial charge in [-0.25, -0.2) is 4.79 Å². The Morgan fingerprint density at radius 3 is 2.74 bits per heavy atom. The Morgan fingerprint density at radius 1 is 1.42 bits per heavy atom. The molecule has 0 bridgehead atoms. The molecule has 110 valence electrons. The van der Waals surface area contributed by atoms with Gasteiger partial charge in [0.05, 0.1) is 19.8 Å². The van der Waals surface area contributed by atoms with Crippen molar-refractivity contribution < 1.29 is 19.1 Å². The Hall–Kier alpha value is -1.18. The number of hydrogen-bond acceptors (Lipinski definition) is 6. The van der Waals surface area contributed by atoms with Crippen LogP contribution in [0.1, 0.15) is 13.3 Å². The maximum Gasteiger partial charge on any atom is 0.332 e. The highest BCUT2D eigenvalue weighted by Gasteiger charge is 2.22. The minimum atomic E-state index is -1.23. The van der Waals surface area contributed by atoms with Crippen LogP contribution in [0.2, 0.25) is 0 Å². The van der Waals surface area contributed by atoms with E-state index in [-0.39, 0.29) is 6.61 Å². The topological polar surface area (TPSA) is 93.9 Å². The van der Waals surface area contributed by atoms with E-state index in [0.29, 0.717) is 6.54 Å². The van der Waals surface area contributed by atoms with E-state index in [1.165, 1.54) is 0 Å². The molecule has 0 aromatic carbocycles. The lowest BCUT2D eigenvalue weighted by Gasteiger charge is -2.26. The second kappa shape index (κ2) is 8.84. The SMILES string of the molecule is CCOC(=O)C(N)C(=O)NCCCN1CCOCC1. The minimum absolute atomic E-state index is 0.219. The van der Waals surface area contributed by atoms with Gasteiger partial charge in [-0.05, 0) is 19.9 Å². The number of nitrogens with two attached hydrogens (primary N) is 1.